The molecule has 0 aromatic heterocycles. The Balaban J connectivity index is 1.85. The molecule has 0 unspecified atom stereocenters. The number of alkyl halides is 2. The van der Waals surface area contributed by atoms with Crippen molar-refractivity contribution in [1.29, 1.82) is 0 Å². The van der Waals surface area contributed by atoms with Gasteiger partial charge in [-0.15, -0.1) is 0 Å². The first-order valence-corrected chi connectivity index (χ1v) is 10.2. The van der Waals surface area contributed by atoms with Gasteiger partial charge in [-0.3, -0.25) is 4.79 Å². The second kappa shape index (κ2) is 11.2. The maximum Gasteiger partial charge on any atom is 0.387 e. The van der Waals surface area contributed by atoms with Gasteiger partial charge in [0.1, 0.15) is 11.5 Å². The lowest BCUT2D eigenvalue weighted by Gasteiger charge is -2.15. The Morgan fingerprint density at radius 1 is 0.824 bits per heavy atom. The van der Waals surface area contributed by atoms with E-state index < -0.39 is 6.61 Å². The molecular weight excluding hydrogens is 448 g/mol. The van der Waals surface area contributed by atoms with Gasteiger partial charge < -0.3 is 29.0 Å². The predicted octanol–water partition coefficient (Wildman–Crippen LogP) is 5.17. The van der Waals surface area contributed by atoms with Gasteiger partial charge in [0.2, 0.25) is 11.7 Å². The number of carbonyl (C=O) groups excluding carboxylic acids is 1. The number of methoxy groups -OCH3 is 4. The van der Waals surface area contributed by atoms with Crippen LogP contribution in [0.1, 0.15) is 5.56 Å². The first kappa shape index (κ1) is 24.6. The summed E-state index contributed by atoms with van der Waals surface area (Å²) >= 11 is 0. The van der Waals surface area contributed by atoms with E-state index in [1.807, 2.05) is 0 Å². The third-order valence-electron chi connectivity index (χ3n) is 4.97. The van der Waals surface area contributed by atoms with Crippen molar-refractivity contribution < 1.29 is 37.3 Å². The van der Waals surface area contributed by atoms with Crippen molar-refractivity contribution in [3.8, 4) is 39.9 Å². The molecule has 3 aromatic rings. The number of amides is 1. The Morgan fingerprint density at radius 2 is 1.47 bits per heavy atom. The van der Waals surface area contributed by atoms with Crippen LogP contribution in [-0.4, -0.2) is 41.0 Å². The molecule has 7 nitrogen and oxygen atoms in total. The molecule has 0 atom stereocenters. The molecule has 3 aromatic carbocycles. The van der Waals surface area contributed by atoms with Crippen LogP contribution in [0.3, 0.4) is 0 Å². The van der Waals surface area contributed by atoms with Crippen molar-refractivity contribution in [2.75, 3.05) is 33.8 Å². The van der Waals surface area contributed by atoms with Crippen LogP contribution in [0.5, 0.6) is 28.7 Å². The van der Waals surface area contributed by atoms with Crippen LogP contribution in [0.15, 0.2) is 54.6 Å². The zero-order valence-electron chi connectivity index (χ0n) is 19.2. The van der Waals surface area contributed by atoms with Crippen molar-refractivity contribution >= 4 is 11.6 Å². The van der Waals surface area contributed by atoms with Crippen molar-refractivity contribution in [3.63, 3.8) is 0 Å². The lowest BCUT2D eigenvalue weighted by atomic mass is 10.0. The Kier molecular flexibility index (Phi) is 8.13. The average Bonchev–Trinajstić information content (AvgIpc) is 2.84. The normalized spacial score (nSPS) is 10.6. The third kappa shape index (κ3) is 5.86. The van der Waals surface area contributed by atoms with E-state index in [9.17, 15) is 13.6 Å². The van der Waals surface area contributed by atoms with Gasteiger partial charge in [0.05, 0.1) is 34.9 Å². The molecule has 0 aliphatic heterocycles. The van der Waals surface area contributed by atoms with Crippen molar-refractivity contribution in [2.45, 2.75) is 13.0 Å². The zero-order chi connectivity index (χ0) is 24.7. The smallest absolute Gasteiger partial charge is 0.387 e. The molecule has 1 N–H and O–H groups in total. The highest BCUT2D eigenvalue weighted by Crippen LogP contribution is 2.38. The van der Waals surface area contributed by atoms with Crippen molar-refractivity contribution in [1.82, 2.24) is 0 Å². The number of halogens is 2. The van der Waals surface area contributed by atoms with Crippen LogP contribution in [-0.2, 0) is 11.2 Å². The van der Waals surface area contributed by atoms with Gasteiger partial charge in [-0.25, -0.2) is 0 Å². The standard InChI is InChI=1S/C25H25F2NO6/c1-30-18-8-5-16(6-9-18)19-14-17(7-10-20(19)34-25(26)27)28-23(29)13-15-11-21(31-2)24(33-4)22(12-15)32-3/h5-12,14,25H,13H2,1-4H3,(H,28,29). The van der Waals surface area contributed by atoms with Gasteiger partial charge in [0, 0.05) is 11.3 Å². The second-order valence-corrected chi connectivity index (χ2v) is 7.08. The highest BCUT2D eigenvalue weighted by atomic mass is 19.3. The molecule has 1 amide bonds. The maximum atomic E-state index is 12.9. The number of hydrogen-bond acceptors (Lipinski definition) is 6. The predicted molar refractivity (Wildman–Crippen MR) is 123 cm³/mol. The highest BCUT2D eigenvalue weighted by molar-refractivity contribution is 5.93. The summed E-state index contributed by atoms with van der Waals surface area (Å²) in [6, 6.07) is 14.7. The first-order valence-electron chi connectivity index (χ1n) is 10.2. The summed E-state index contributed by atoms with van der Waals surface area (Å²) in [6.07, 6.45) is 0.0177. The number of hydrogen-bond donors (Lipinski definition) is 1. The van der Waals surface area contributed by atoms with Gasteiger partial charge in [0.15, 0.2) is 11.5 Å². The molecular formula is C25H25F2NO6. The van der Waals surface area contributed by atoms with E-state index in [1.165, 1.54) is 40.6 Å². The maximum absolute atomic E-state index is 12.9. The van der Waals surface area contributed by atoms with Gasteiger partial charge in [0.25, 0.3) is 0 Å². The molecule has 0 saturated carbocycles. The fourth-order valence-electron chi connectivity index (χ4n) is 3.43. The average molecular weight is 473 g/mol. The van der Waals surface area contributed by atoms with Crippen LogP contribution in [0.2, 0.25) is 0 Å². The summed E-state index contributed by atoms with van der Waals surface area (Å²) < 4.78 is 51.6. The number of benzene rings is 3. The van der Waals surface area contributed by atoms with E-state index in [-0.39, 0.29) is 18.1 Å². The lowest BCUT2D eigenvalue weighted by Crippen LogP contribution is -2.15. The van der Waals surface area contributed by atoms with Gasteiger partial charge >= 0.3 is 6.61 Å². The van der Waals surface area contributed by atoms with Crippen LogP contribution in [0.4, 0.5) is 14.5 Å². The first-order chi connectivity index (χ1) is 16.4. The topological polar surface area (TPSA) is 75.3 Å². The summed E-state index contributed by atoms with van der Waals surface area (Å²) in [5.74, 6) is 1.57. The van der Waals surface area contributed by atoms with E-state index >= 15 is 0 Å². The summed E-state index contributed by atoms with van der Waals surface area (Å²) in [4.78, 5) is 12.7. The molecule has 0 bridgehead atoms. The number of carbonyl (C=O) groups is 1. The lowest BCUT2D eigenvalue weighted by molar-refractivity contribution is -0.115. The van der Waals surface area contributed by atoms with Crippen LogP contribution >= 0.6 is 0 Å². The molecule has 0 heterocycles. The van der Waals surface area contributed by atoms with Crippen LogP contribution < -0.4 is 29.0 Å². The SMILES string of the molecule is COc1ccc(-c2cc(NC(=O)Cc3cc(OC)c(OC)c(OC)c3)ccc2OC(F)F)cc1. The molecule has 34 heavy (non-hydrogen) atoms. The minimum atomic E-state index is -2.99. The molecule has 0 saturated heterocycles. The second-order valence-electron chi connectivity index (χ2n) is 7.08. The number of nitrogens with one attached hydrogen (secondary N) is 1. The number of anilines is 1. The van der Waals surface area contributed by atoms with E-state index in [0.29, 0.717) is 45.4 Å². The Morgan fingerprint density at radius 3 is 2.00 bits per heavy atom. The zero-order valence-corrected chi connectivity index (χ0v) is 19.2. The van der Waals surface area contributed by atoms with Gasteiger partial charge in [-0.1, -0.05) is 12.1 Å². The van der Waals surface area contributed by atoms with E-state index in [0.717, 1.165) is 0 Å². The van der Waals surface area contributed by atoms with E-state index in [2.05, 4.69) is 10.1 Å². The number of rotatable bonds is 10. The highest BCUT2D eigenvalue weighted by Gasteiger charge is 2.17. The monoisotopic (exact) mass is 473 g/mol. The number of ether oxygens (including phenoxy) is 5. The van der Waals surface area contributed by atoms with Gasteiger partial charge in [-0.2, -0.15) is 8.78 Å². The Bertz CT molecular complexity index is 1110. The van der Waals surface area contributed by atoms with E-state index in [1.54, 1.807) is 42.5 Å². The molecule has 9 heteroatoms. The molecule has 180 valence electrons. The molecule has 0 radical (unpaired) electrons. The van der Waals surface area contributed by atoms with Crippen molar-refractivity contribution in [3.05, 3.63) is 60.2 Å². The van der Waals surface area contributed by atoms with Gasteiger partial charge in [-0.05, 0) is 53.6 Å². The Hall–Kier alpha value is -4.01. The largest absolute Gasteiger partial charge is 0.497 e. The summed E-state index contributed by atoms with van der Waals surface area (Å²) in [7, 11) is 6.01. The molecule has 0 aliphatic carbocycles. The molecule has 3 rings (SSSR count). The summed E-state index contributed by atoms with van der Waals surface area (Å²) in [5, 5.41) is 2.79. The minimum absolute atomic E-state index is 0.0113. The Labute approximate surface area is 196 Å². The quantitative estimate of drug-likeness (QED) is 0.438. The molecule has 0 aliphatic rings. The third-order valence-corrected chi connectivity index (χ3v) is 4.97. The fourth-order valence-corrected chi connectivity index (χ4v) is 3.43. The van der Waals surface area contributed by atoms with Crippen LogP contribution in [0, 0.1) is 0 Å². The molecule has 0 fully saturated rings. The van der Waals surface area contributed by atoms with Crippen LogP contribution in [0.25, 0.3) is 11.1 Å². The summed E-state index contributed by atoms with van der Waals surface area (Å²) in [6.45, 7) is -2.99. The summed E-state index contributed by atoms with van der Waals surface area (Å²) in [5.41, 5.74) is 2.08. The fraction of sp³-hybridized carbons (Fsp3) is 0.240. The minimum Gasteiger partial charge on any atom is -0.497 e. The van der Waals surface area contributed by atoms with Crippen molar-refractivity contribution in [2.24, 2.45) is 0 Å². The van der Waals surface area contributed by atoms with E-state index in [4.69, 9.17) is 18.9 Å². The molecule has 0 spiro atoms.